The molecule has 1 aromatic rings. The molecule has 3 heteroatoms. The summed E-state index contributed by atoms with van der Waals surface area (Å²) in [6, 6.07) is 4.31. The van der Waals surface area contributed by atoms with Crippen molar-refractivity contribution in [1.82, 2.24) is 0 Å². The van der Waals surface area contributed by atoms with Crippen LogP contribution in [-0.4, -0.2) is 10.7 Å². The van der Waals surface area contributed by atoms with Crippen molar-refractivity contribution in [2.75, 3.05) is 0 Å². The van der Waals surface area contributed by atoms with Crippen molar-refractivity contribution < 1.29 is 9.50 Å². The number of unbranched alkanes of at least 4 members (excludes halogenated alkanes) is 3. The second-order valence-corrected chi connectivity index (χ2v) is 5.37. The molecule has 1 atom stereocenters. The maximum atomic E-state index is 13.0. The minimum absolute atomic E-state index is 0.0504. The lowest BCUT2D eigenvalue weighted by Gasteiger charge is -2.15. The Morgan fingerprint density at radius 1 is 1.32 bits per heavy atom. The standard InChI is InChI=1S/C16H20ClFO/c1-3-4-5-6-10-16(2,19)11-9-13-7-8-15(18)14(17)12-13/h7-8,12,19H,3-6,10H2,1-2H3. The van der Waals surface area contributed by atoms with Gasteiger partial charge in [-0.15, -0.1) is 0 Å². The molecular formula is C16H20ClFO. The largest absolute Gasteiger partial charge is 0.378 e. The number of halogens is 2. The Labute approximate surface area is 119 Å². The third-order valence-corrected chi connectivity index (χ3v) is 3.20. The van der Waals surface area contributed by atoms with Crippen LogP contribution in [0, 0.1) is 17.7 Å². The third kappa shape index (κ3) is 6.09. The summed E-state index contributed by atoms with van der Waals surface area (Å²) < 4.78 is 13.0. The van der Waals surface area contributed by atoms with E-state index in [-0.39, 0.29) is 5.02 Å². The van der Waals surface area contributed by atoms with Crippen molar-refractivity contribution in [2.45, 2.75) is 51.6 Å². The normalized spacial score (nSPS) is 13.5. The van der Waals surface area contributed by atoms with E-state index in [1.54, 1.807) is 13.0 Å². The third-order valence-electron chi connectivity index (χ3n) is 2.91. The highest BCUT2D eigenvalue weighted by Crippen LogP contribution is 2.17. The van der Waals surface area contributed by atoms with E-state index in [4.69, 9.17) is 11.6 Å². The maximum Gasteiger partial charge on any atom is 0.141 e. The molecule has 1 N–H and O–H groups in total. The highest BCUT2D eigenvalue weighted by Gasteiger charge is 2.15. The van der Waals surface area contributed by atoms with E-state index in [2.05, 4.69) is 18.8 Å². The fourth-order valence-corrected chi connectivity index (χ4v) is 1.92. The Morgan fingerprint density at radius 2 is 2.05 bits per heavy atom. The van der Waals surface area contributed by atoms with Crippen LogP contribution in [0.2, 0.25) is 5.02 Å². The second-order valence-electron chi connectivity index (χ2n) is 4.96. The minimum Gasteiger partial charge on any atom is -0.378 e. The molecule has 0 bridgehead atoms. The van der Waals surface area contributed by atoms with Gasteiger partial charge in [-0.3, -0.25) is 0 Å². The van der Waals surface area contributed by atoms with E-state index in [0.717, 1.165) is 12.8 Å². The van der Waals surface area contributed by atoms with E-state index in [1.165, 1.54) is 25.0 Å². The average Bonchev–Trinajstić information content (AvgIpc) is 2.36. The van der Waals surface area contributed by atoms with E-state index in [9.17, 15) is 9.50 Å². The van der Waals surface area contributed by atoms with Gasteiger partial charge < -0.3 is 5.11 Å². The van der Waals surface area contributed by atoms with Gasteiger partial charge in [-0.2, -0.15) is 0 Å². The van der Waals surface area contributed by atoms with Crippen LogP contribution in [0.25, 0.3) is 0 Å². The van der Waals surface area contributed by atoms with Crippen molar-refractivity contribution in [3.8, 4) is 11.8 Å². The van der Waals surface area contributed by atoms with Crippen LogP contribution in [-0.2, 0) is 0 Å². The number of rotatable bonds is 5. The molecule has 0 aromatic heterocycles. The van der Waals surface area contributed by atoms with Gasteiger partial charge in [-0.25, -0.2) is 4.39 Å². The van der Waals surface area contributed by atoms with Crippen LogP contribution in [0.15, 0.2) is 18.2 Å². The van der Waals surface area contributed by atoms with Crippen LogP contribution in [0.3, 0.4) is 0 Å². The lowest BCUT2D eigenvalue weighted by Crippen LogP contribution is -2.21. The van der Waals surface area contributed by atoms with E-state index in [1.807, 2.05) is 0 Å². The Hall–Kier alpha value is -1.04. The van der Waals surface area contributed by atoms with E-state index >= 15 is 0 Å². The topological polar surface area (TPSA) is 20.2 Å². The summed E-state index contributed by atoms with van der Waals surface area (Å²) >= 11 is 5.68. The number of hydrogen-bond acceptors (Lipinski definition) is 1. The molecule has 0 aliphatic heterocycles. The molecule has 0 spiro atoms. The summed E-state index contributed by atoms with van der Waals surface area (Å²) in [6.07, 6.45) is 5.06. The zero-order valence-corrected chi connectivity index (χ0v) is 12.2. The van der Waals surface area contributed by atoms with E-state index < -0.39 is 11.4 Å². The highest BCUT2D eigenvalue weighted by molar-refractivity contribution is 6.30. The molecule has 1 rings (SSSR count). The summed E-state index contributed by atoms with van der Waals surface area (Å²) in [5, 5.41) is 10.2. The Bertz CT molecular complexity index is 471. The molecule has 0 saturated heterocycles. The molecule has 0 saturated carbocycles. The van der Waals surface area contributed by atoms with E-state index in [0.29, 0.717) is 12.0 Å². The summed E-state index contributed by atoms with van der Waals surface area (Å²) in [7, 11) is 0. The zero-order chi connectivity index (χ0) is 14.3. The first-order valence-corrected chi connectivity index (χ1v) is 7.03. The molecular weight excluding hydrogens is 263 g/mol. The van der Waals surface area contributed by atoms with Crippen molar-refractivity contribution in [1.29, 1.82) is 0 Å². The molecule has 0 radical (unpaired) electrons. The van der Waals surface area contributed by atoms with Crippen LogP contribution in [0.1, 0.15) is 51.5 Å². The van der Waals surface area contributed by atoms with Gasteiger partial charge in [-0.1, -0.05) is 49.6 Å². The molecule has 0 aliphatic rings. The highest BCUT2D eigenvalue weighted by atomic mass is 35.5. The lowest BCUT2D eigenvalue weighted by atomic mass is 9.98. The summed E-state index contributed by atoms with van der Waals surface area (Å²) in [5.74, 6) is 5.21. The molecule has 104 valence electrons. The second kappa shape index (κ2) is 7.53. The zero-order valence-electron chi connectivity index (χ0n) is 11.5. The van der Waals surface area contributed by atoms with Gasteiger partial charge in [0.1, 0.15) is 11.4 Å². The van der Waals surface area contributed by atoms with Gasteiger partial charge in [0.15, 0.2) is 0 Å². The molecule has 0 heterocycles. The van der Waals surface area contributed by atoms with Gasteiger partial charge in [0.05, 0.1) is 5.02 Å². The van der Waals surface area contributed by atoms with Crippen LogP contribution in [0.5, 0.6) is 0 Å². The molecule has 0 fully saturated rings. The summed E-state index contributed by atoms with van der Waals surface area (Å²) in [6.45, 7) is 3.85. The molecule has 1 aromatic carbocycles. The molecule has 19 heavy (non-hydrogen) atoms. The quantitative estimate of drug-likeness (QED) is 0.620. The predicted molar refractivity (Wildman–Crippen MR) is 77.7 cm³/mol. The maximum absolute atomic E-state index is 13.0. The van der Waals surface area contributed by atoms with Crippen molar-refractivity contribution in [3.05, 3.63) is 34.6 Å². The van der Waals surface area contributed by atoms with Crippen molar-refractivity contribution in [2.24, 2.45) is 0 Å². The van der Waals surface area contributed by atoms with Gasteiger partial charge in [-0.05, 0) is 38.0 Å². The van der Waals surface area contributed by atoms with Crippen molar-refractivity contribution in [3.63, 3.8) is 0 Å². The molecule has 1 unspecified atom stereocenters. The molecule has 0 aliphatic carbocycles. The smallest absolute Gasteiger partial charge is 0.141 e. The van der Waals surface area contributed by atoms with Gasteiger partial charge >= 0.3 is 0 Å². The van der Waals surface area contributed by atoms with Crippen molar-refractivity contribution >= 4 is 11.6 Å². The van der Waals surface area contributed by atoms with Gasteiger partial charge in [0, 0.05) is 5.56 Å². The first-order chi connectivity index (χ1) is 8.94. The Morgan fingerprint density at radius 3 is 2.68 bits per heavy atom. The monoisotopic (exact) mass is 282 g/mol. The Kier molecular flexibility index (Phi) is 6.34. The summed E-state index contributed by atoms with van der Waals surface area (Å²) in [5.41, 5.74) is -0.394. The molecule has 1 nitrogen and oxygen atoms in total. The number of aliphatic hydroxyl groups is 1. The summed E-state index contributed by atoms with van der Waals surface area (Å²) in [4.78, 5) is 0. The average molecular weight is 283 g/mol. The SMILES string of the molecule is CCCCCCC(C)(O)C#Cc1ccc(F)c(Cl)c1. The minimum atomic E-state index is -1.01. The van der Waals surface area contributed by atoms with Crippen LogP contribution in [0.4, 0.5) is 4.39 Å². The van der Waals surface area contributed by atoms with Gasteiger partial charge in [0.2, 0.25) is 0 Å². The predicted octanol–water partition coefficient (Wildman–Crippen LogP) is 4.55. The van der Waals surface area contributed by atoms with Crippen LogP contribution < -0.4 is 0 Å². The van der Waals surface area contributed by atoms with Crippen LogP contribution >= 0.6 is 11.6 Å². The fourth-order valence-electron chi connectivity index (χ4n) is 1.74. The number of benzene rings is 1. The molecule has 0 amide bonds. The lowest BCUT2D eigenvalue weighted by molar-refractivity contribution is 0.109. The fraction of sp³-hybridized carbons (Fsp3) is 0.500. The first-order valence-electron chi connectivity index (χ1n) is 6.65. The number of hydrogen-bond donors (Lipinski definition) is 1. The Balaban J connectivity index is 2.61. The first kappa shape index (κ1) is 16.0. The van der Waals surface area contributed by atoms with Gasteiger partial charge in [0.25, 0.3) is 0 Å².